The van der Waals surface area contributed by atoms with Crippen molar-refractivity contribution in [3.8, 4) is 11.5 Å². The second-order valence-electron chi connectivity index (χ2n) is 6.10. The van der Waals surface area contributed by atoms with E-state index in [9.17, 15) is 9.90 Å². The van der Waals surface area contributed by atoms with Gasteiger partial charge in [-0.1, -0.05) is 69.0 Å². The molecule has 2 aromatic rings. The first-order valence-electron chi connectivity index (χ1n) is 9.63. The summed E-state index contributed by atoms with van der Waals surface area (Å²) < 4.78 is 11.6. The van der Waals surface area contributed by atoms with Crippen LogP contribution in [0.4, 0.5) is 0 Å². The molecule has 0 saturated carbocycles. The normalized spacial score (nSPS) is 10.8. The van der Waals surface area contributed by atoms with E-state index in [1.807, 2.05) is 63.3 Å². The van der Waals surface area contributed by atoms with E-state index in [0.717, 1.165) is 5.57 Å². The van der Waals surface area contributed by atoms with Crippen molar-refractivity contribution in [2.24, 2.45) is 0 Å². The molecule has 4 heteroatoms. The van der Waals surface area contributed by atoms with Crippen molar-refractivity contribution in [3.05, 3.63) is 95.6 Å². The third-order valence-corrected chi connectivity index (χ3v) is 3.87. The Morgan fingerprint density at radius 3 is 2.38 bits per heavy atom. The maximum Gasteiger partial charge on any atom is 0.336 e. The average Bonchev–Trinajstić information content (AvgIpc) is 2.72. The molecule has 0 aromatic heterocycles. The predicted molar refractivity (Wildman–Crippen MR) is 119 cm³/mol. The number of hydrogen-bond acceptors (Lipinski definition) is 3. The van der Waals surface area contributed by atoms with E-state index in [1.165, 1.54) is 0 Å². The molecule has 154 valence electrons. The number of carboxylic acids is 1. The summed E-state index contributed by atoms with van der Waals surface area (Å²) in [5, 5.41) is 9.40. The van der Waals surface area contributed by atoms with Crippen molar-refractivity contribution in [2.75, 3.05) is 6.61 Å². The molecule has 0 aliphatic heterocycles. The Morgan fingerprint density at radius 2 is 1.72 bits per heavy atom. The van der Waals surface area contributed by atoms with Crippen molar-refractivity contribution < 1.29 is 19.4 Å². The van der Waals surface area contributed by atoms with E-state index in [2.05, 4.69) is 6.58 Å². The predicted octanol–water partition coefficient (Wildman–Crippen LogP) is 6.37. The number of carbonyl (C=O) groups is 1. The van der Waals surface area contributed by atoms with Gasteiger partial charge >= 0.3 is 5.97 Å². The van der Waals surface area contributed by atoms with Gasteiger partial charge in [0.15, 0.2) is 0 Å². The molecule has 0 radical (unpaired) electrons. The van der Waals surface area contributed by atoms with E-state index in [-0.39, 0.29) is 6.61 Å². The Kier molecular flexibility index (Phi) is 10.7. The fourth-order valence-corrected chi connectivity index (χ4v) is 2.51. The summed E-state index contributed by atoms with van der Waals surface area (Å²) in [5.74, 6) is 0.366. The van der Waals surface area contributed by atoms with Crippen LogP contribution in [0.3, 0.4) is 0 Å². The van der Waals surface area contributed by atoms with E-state index in [1.54, 1.807) is 31.2 Å². The van der Waals surface area contributed by atoms with Gasteiger partial charge in [-0.25, -0.2) is 4.79 Å². The van der Waals surface area contributed by atoms with Crippen molar-refractivity contribution >= 4 is 5.97 Å². The summed E-state index contributed by atoms with van der Waals surface area (Å²) in [5.41, 5.74) is 2.72. The lowest BCUT2D eigenvalue weighted by molar-refractivity contribution is 0.0693. The number of carboxylic acid groups (broad SMARTS) is 1. The lowest BCUT2D eigenvalue weighted by atomic mass is 10.0. The first kappa shape index (κ1) is 23.8. The fraction of sp³-hybridized carbons (Fsp3) is 0.240. The van der Waals surface area contributed by atoms with Crippen LogP contribution < -0.4 is 9.47 Å². The largest absolute Gasteiger partial charge is 0.489 e. The minimum atomic E-state index is -0.948. The molecule has 2 aromatic carbocycles. The summed E-state index contributed by atoms with van der Waals surface area (Å²) in [6.45, 7) is 12.0. The lowest BCUT2D eigenvalue weighted by Crippen LogP contribution is -2.08. The van der Waals surface area contributed by atoms with Gasteiger partial charge < -0.3 is 14.6 Å². The van der Waals surface area contributed by atoms with Crippen LogP contribution in [0.15, 0.2) is 78.9 Å². The van der Waals surface area contributed by atoms with Gasteiger partial charge in [0.1, 0.15) is 24.7 Å². The summed E-state index contributed by atoms with van der Waals surface area (Å²) in [6.07, 6.45) is 7.45. The summed E-state index contributed by atoms with van der Waals surface area (Å²) >= 11 is 0. The zero-order chi connectivity index (χ0) is 21.6. The smallest absolute Gasteiger partial charge is 0.336 e. The van der Waals surface area contributed by atoms with Gasteiger partial charge in [0.05, 0.1) is 5.56 Å². The molecule has 1 N–H and O–H groups in total. The summed E-state index contributed by atoms with van der Waals surface area (Å²) in [4.78, 5) is 11.5. The zero-order valence-corrected chi connectivity index (χ0v) is 17.6. The number of allylic oxidation sites excluding steroid dienone is 4. The first-order valence-corrected chi connectivity index (χ1v) is 9.63. The Hall–Kier alpha value is -3.27. The van der Waals surface area contributed by atoms with Gasteiger partial charge in [0.2, 0.25) is 0 Å². The monoisotopic (exact) mass is 394 g/mol. The van der Waals surface area contributed by atoms with Crippen LogP contribution in [0.2, 0.25) is 0 Å². The third kappa shape index (κ3) is 8.09. The van der Waals surface area contributed by atoms with E-state index in [0.29, 0.717) is 34.8 Å². The second-order valence-corrected chi connectivity index (χ2v) is 6.10. The van der Waals surface area contributed by atoms with Crippen LogP contribution >= 0.6 is 0 Å². The maximum atomic E-state index is 11.5. The molecular formula is C25H30O4. The van der Waals surface area contributed by atoms with Gasteiger partial charge in [-0.15, -0.1) is 0 Å². The standard InChI is InChI=1S/C23H24O4.C2H6/c1-4-5-6-9-17(2)15-26-20-12-8-13-21(14-20)27-16-19-11-7-10-18(3)22(19)23(24)25;1-2/h4-14H,1,15-16H2,2-3H3,(H,24,25);1-2H3/b6-5-,17-9+;. The quantitative estimate of drug-likeness (QED) is 0.502. The molecule has 0 heterocycles. The summed E-state index contributed by atoms with van der Waals surface area (Å²) in [6, 6.07) is 12.7. The molecule has 29 heavy (non-hydrogen) atoms. The van der Waals surface area contributed by atoms with Gasteiger partial charge in [-0.3, -0.25) is 0 Å². The number of aryl methyl sites for hydroxylation is 1. The molecule has 0 spiro atoms. The van der Waals surface area contributed by atoms with E-state index in [4.69, 9.17) is 9.47 Å². The first-order chi connectivity index (χ1) is 14.0. The molecule has 0 atom stereocenters. The Bertz CT molecular complexity index is 863. The lowest BCUT2D eigenvalue weighted by Gasteiger charge is -2.12. The number of hydrogen-bond donors (Lipinski definition) is 1. The maximum absolute atomic E-state index is 11.5. The Balaban J connectivity index is 0.00000204. The topological polar surface area (TPSA) is 55.8 Å². The number of aromatic carboxylic acids is 1. The van der Waals surface area contributed by atoms with Crippen LogP contribution in [-0.2, 0) is 6.61 Å². The molecule has 0 fully saturated rings. The highest BCUT2D eigenvalue weighted by Crippen LogP contribution is 2.22. The van der Waals surface area contributed by atoms with Crippen molar-refractivity contribution in [1.82, 2.24) is 0 Å². The molecule has 0 aliphatic rings. The van der Waals surface area contributed by atoms with Crippen LogP contribution in [0.5, 0.6) is 11.5 Å². The zero-order valence-electron chi connectivity index (χ0n) is 17.6. The van der Waals surface area contributed by atoms with Gasteiger partial charge in [0, 0.05) is 11.6 Å². The highest BCUT2D eigenvalue weighted by Gasteiger charge is 2.13. The SMILES string of the molecule is C=C/C=C\C=C(/C)COc1cccc(OCc2cccc(C)c2C(=O)O)c1.CC. The number of ether oxygens (including phenoxy) is 2. The van der Waals surface area contributed by atoms with Crippen LogP contribution in [-0.4, -0.2) is 17.7 Å². The average molecular weight is 395 g/mol. The van der Waals surface area contributed by atoms with Crippen LogP contribution in [0.1, 0.15) is 42.3 Å². The molecule has 0 aliphatic carbocycles. The minimum absolute atomic E-state index is 0.179. The Labute approximate surface area is 173 Å². The van der Waals surface area contributed by atoms with Crippen molar-refractivity contribution in [3.63, 3.8) is 0 Å². The van der Waals surface area contributed by atoms with Gasteiger partial charge in [0.25, 0.3) is 0 Å². The highest BCUT2D eigenvalue weighted by atomic mass is 16.5. The Morgan fingerprint density at radius 1 is 1.07 bits per heavy atom. The second kappa shape index (κ2) is 13.0. The molecule has 0 amide bonds. The molecular weight excluding hydrogens is 364 g/mol. The van der Waals surface area contributed by atoms with Crippen LogP contribution in [0, 0.1) is 6.92 Å². The molecule has 0 saturated heterocycles. The fourth-order valence-electron chi connectivity index (χ4n) is 2.51. The van der Waals surface area contributed by atoms with Crippen molar-refractivity contribution in [2.45, 2.75) is 34.3 Å². The van der Waals surface area contributed by atoms with Crippen molar-refractivity contribution in [1.29, 1.82) is 0 Å². The third-order valence-electron chi connectivity index (χ3n) is 3.87. The number of rotatable bonds is 9. The number of benzene rings is 2. The molecule has 0 unspecified atom stereocenters. The molecule has 0 bridgehead atoms. The van der Waals surface area contributed by atoms with E-state index >= 15 is 0 Å². The molecule has 4 nitrogen and oxygen atoms in total. The molecule has 2 rings (SSSR count). The summed E-state index contributed by atoms with van der Waals surface area (Å²) in [7, 11) is 0. The minimum Gasteiger partial charge on any atom is -0.489 e. The van der Waals surface area contributed by atoms with E-state index < -0.39 is 5.97 Å². The van der Waals surface area contributed by atoms with Crippen LogP contribution in [0.25, 0.3) is 0 Å². The van der Waals surface area contributed by atoms with Gasteiger partial charge in [-0.05, 0) is 37.1 Å². The highest BCUT2D eigenvalue weighted by molar-refractivity contribution is 5.91. The van der Waals surface area contributed by atoms with Gasteiger partial charge in [-0.2, -0.15) is 0 Å².